The quantitative estimate of drug-likeness (QED) is 0.671. The Morgan fingerprint density at radius 2 is 2.00 bits per heavy atom. The maximum atomic E-state index is 5.19. The second-order valence-electron chi connectivity index (χ2n) is 2.93. The van der Waals surface area contributed by atoms with Gasteiger partial charge in [0.25, 0.3) is 0 Å². The second kappa shape index (κ2) is 3.65. The van der Waals surface area contributed by atoms with Gasteiger partial charge in [-0.05, 0) is 30.9 Å². The lowest BCUT2D eigenvalue weighted by Gasteiger charge is -2.02. The summed E-state index contributed by atoms with van der Waals surface area (Å²) in [6.45, 7) is 6.46. The molecule has 0 aliphatic heterocycles. The number of nitrogens with zero attached hydrogens (tertiary/aromatic N) is 1. The van der Waals surface area contributed by atoms with Crippen molar-refractivity contribution in [2.75, 3.05) is 7.11 Å². The van der Waals surface area contributed by atoms with Gasteiger partial charge in [-0.25, -0.2) is 0 Å². The van der Waals surface area contributed by atoms with Crippen LogP contribution in [0, 0.1) is 6.92 Å². The molecule has 1 rings (SSSR count). The van der Waals surface area contributed by atoms with Gasteiger partial charge in [-0.15, -0.1) is 0 Å². The molecule has 0 spiro atoms. The molecule has 0 saturated heterocycles. The normalized spacial score (nSPS) is 10.3. The fourth-order valence-corrected chi connectivity index (χ4v) is 1.66. The van der Waals surface area contributed by atoms with E-state index >= 15 is 0 Å². The zero-order valence-electron chi connectivity index (χ0n) is 8.35. The smallest absolute Gasteiger partial charge is 0.104 e. The molecule has 1 heterocycles. The summed E-state index contributed by atoms with van der Waals surface area (Å²) in [6, 6.07) is 0. The summed E-state index contributed by atoms with van der Waals surface area (Å²) in [4.78, 5) is 5.19. The van der Waals surface area contributed by atoms with Gasteiger partial charge in [-0.1, -0.05) is 13.8 Å². The molecular weight excluding hydrogens is 150 g/mol. The maximum Gasteiger partial charge on any atom is 0.104 e. The molecule has 0 N–H and O–H groups in total. The van der Waals surface area contributed by atoms with Gasteiger partial charge in [0.2, 0.25) is 0 Å². The van der Waals surface area contributed by atoms with Gasteiger partial charge in [0, 0.05) is 6.20 Å². The zero-order valence-corrected chi connectivity index (χ0v) is 8.35. The summed E-state index contributed by atoms with van der Waals surface area (Å²) in [5.41, 5.74) is 4.06. The Kier molecular flexibility index (Phi) is 2.79. The molecular formula is C10H17NO. The Morgan fingerprint density at radius 3 is 2.33 bits per heavy atom. The van der Waals surface area contributed by atoms with Crippen molar-refractivity contribution in [1.82, 2.24) is 4.73 Å². The minimum Gasteiger partial charge on any atom is -0.417 e. The van der Waals surface area contributed by atoms with Crippen molar-refractivity contribution in [3.8, 4) is 0 Å². The molecule has 1 aromatic rings. The van der Waals surface area contributed by atoms with E-state index in [2.05, 4.69) is 27.0 Å². The zero-order chi connectivity index (χ0) is 9.14. The SMILES string of the molecule is CCc1cn(OC)c(C)c1CC. The van der Waals surface area contributed by atoms with Gasteiger partial charge < -0.3 is 4.84 Å². The van der Waals surface area contributed by atoms with Gasteiger partial charge in [-0.3, -0.25) is 0 Å². The molecule has 68 valence electrons. The van der Waals surface area contributed by atoms with Crippen molar-refractivity contribution in [2.24, 2.45) is 0 Å². The van der Waals surface area contributed by atoms with Gasteiger partial charge in [-0.2, -0.15) is 4.73 Å². The molecule has 0 saturated carbocycles. The first kappa shape index (κ1) is 9.17. The number of hydrogen-bond donors (Lipinski definition) is 0. The van der Waals surface area contributed by atoms with E-state index in [4.69, 9.17) is 4.84 Å². The molecule has 2 heteroatoms. The van der Waals surface area contributed by atoms with E-state index in [-0.39, 0.29) is 0 Å². The van der Waals surface area contributed by atoms with Gasteiger partial charge in [0.15, 0.2) is 0 Å². The van der Waals surface area contributed by atoms with Gasteiger partial charge in [0.05, 0.1) is 5.69 Å². The molecule has 0 aromatic carbocycles. The summed E-state index contributed by atoms with van der Waals surface area (Å²) < 4.78 is 1.84. The van der Waals surface area contributed by atoms with Crippen LogP contribution in [0.2, 0.25) is 0 Å². The largest absolute Gasteiger partial charge is 0.417 e. The molecule has 0 fully saturated rings. The van der Waals surface area contributed by atoms with Gasteiger partial charge in [0.1, 0.15) is 7.11 Å². The molecule has 0 aliphatic rings. The average Bonchev–Trinajstić information content (AvgIpc) is 2.41. The van der Waals surface area contributed by atoms with Crippen molar-refractivity contribution >= 4 is 0 Å². The number of aromatic nitrogens is 1. The summed E-state index contributed by atoms with van der Waals surface area (Å²) >= 11 is 0. The molecule has 0 amide bonds. The van der Waals surface area contributed by atoms with Crippen molar-refractivity contribution in [2.45, 2.75) is 33.6 Å². The summed E-state index contributed by atoms with van der Waals surface area (Å²) in [6.07, 6.45) is 4.25. The lowest BCUT2D eigenvalue weighted by atomic mass is 10.1. The predicted octanol–water partition coefficient (Wildman–Crippen LogP) is 1.98. The Labute approximate surface area is 74.1 Å². The first-order valence-corrected chi connectivity index (χ1v) is 4.48. The van der Waals surface area contributed by atoms with E-state index in [1.807, 2.05) is 4.73 Å². The third kappa shape index (κ3) is 1.33. The van der Waals surface area contributed by atoms with Crippen molar-refractivity contribution < 1.29 is 4.84 Å². The fraction of sp³-hybridized carbons (Fsp3) is 0.600. The van der Waals surface area contributed by atoms with Crippen LogP contribution in [-0.4, -0.2) is 11.8 Å². The predicted molar refractivity (Wildman–Crippen MR) is 50.4 cm³/mol. The lowest BCUT2D eigenvalue weighted by molar-refractivity contribution is 0.162. The lowest BCUT2D eigenvalue weighted by Crippen LogP contribution is -2.05. The fourth-order valence-electron chi connectivity index (χ4n) is 1.66. The minimum atomic E-state index is 1.08. The van der Waals surface area contributed by atoms with Crippen LogP contribution in [-0.2, 0) is 12.8 Å². The van der Waals surface area contributed by atoms with Crippen molar-refractivity contribution in [1.29, 1.82) is 0 Å². The molecule has 0 aliphatic carbocycles. The average molecular weight is 167 g/mol. The van der Waals surface area contributed by atoms with Gasteiger partial charge >= 0.3 is 0 Å². The molecule has 0 radical (unpaired) electrons. The third-order valence-electron chi connectivity index (χ3n) is 2.36. The monoisotopic (exact) mass is 167 g/mol. The van der Waals surface area contributed by atoms with Crippen LogP contribution in [0.4, 0.5) is 0 Å². The van der Waals surface area contributed by atoms with Crippen LogP contribution in [0.3, 0.4) is 0 Å². The first-order chi connectivity index (χ1) is 5.74. The molecule has 1 aromatic heterocycles. The summed E-state index contributed by atoms with van der Waals surface area (Å²) in [5, 5.41) is 0. The molecule has 0 bridgehead atoms. The maximum absolute atomic E-state index is 5.19. The highest BCUT2D eigenvalue weighted by Gasteiger charge is 2.08. The highest BCUT2D eigenvalue weighted by Crippen LogP contribution is 2.16. The summed E-state index contributed by atoms with van der Waals surface area (Å²) in [7, 11) is 1.70. The van der Waals surface area contributed by atoms with E-state index in [1.165, 1.54) is 16.8 Å². The Balaban J connectivity index is 3.13. The van der Waals surface area contributed by atoms with Crippen LogP contribution < -0.4 is 4.84 Å². The molecule has 12 heavy (non-hydrogen) atoms. The minimum absolute atomic E-state index is 1.08. The first-order valence-electron chi connectivity index (χ1n) is 4.48. The molecule has 0 unspecified atom stereocenters. The number of rotatable bonds is 3. The number of aryl methyl sites for hydroxylation is 1. The van der Waals surface area contributed by atoms with Crippen LogP contribution in [0.25, 0.3) is 0 Å². The van der Waals surface area contributed by atoms with Crippen LogP contribution >= 0.6 is 0 Å². The van der Waals surface area contributed by atoms with Crippen LogP contribution in [0.5, 0.6) is 0 Å². The number of hydrogen-bond acceptors (Lipinski definition) is 1. The standard InChI is InChI=1S/C10H17NO/c1-5-9-7-11(12-4)8(3)10(9)6-2/h7H,5-6H2,1-4H3. The van der Waals surface area contributed by atoms with E-state index < -0.39 is 0 Å². The van der Waals surface area contributed by atoms with E-state index in [0.29, 0.717) is 0 Å². The highest BCUT2D eigenvalue weighted by atomic mass is 16.6. The Bertz CT molecular complexity index is 263. The van der Waals surface area contributed by atoms with E-state index in [1.54, 1.807) is 7.11 Å². The third-order valence-corrected chi connectivity index (χ3v) is 2.36. The topological polar surface area (TPSA) is 14.2 Å². The highest BCUT2D eigenvalue weighted by molar-refractivity contribution is 5.30. The Hall–Kier alpha value is -0.920. The molecule has 0 atom stereocenters. The van der Waals surface area contributed by atoms with Crippen LogP contribution in [0.15, 0.2) is 6.20 Å². The van der Waals surface area contributed by atoms with E-state index in [9.17, 15) is 0 Å². The Morgan fingerprint density at radius 1 is 1.33 bits per heavy atom. The second-order valence-corrected chi connectivity index (χ2v) is 2.93. The van der Waals surface area contributed by atoms with Crippen LogP contribution in [0.1, 0.15) is 30.7 Å². The summed E-state index contributed by atoms with van der Waals surface area (Å²) in [5.74, 6) is 0. The van der Waals surface area contributed by atoms with Crippen molar-refractivity contribution in [3.05, 3.63) is 23.0 Å². The van der Waals surface area contributed by atoms with E-state index in [0.717, 1.165) is 12.8 Å². The van der Waals surface area contributed by atoms with Crippen molar-refractivity contribution in [3.63, 3.8) is 0 Å². The molecule has 2 nitrogen and oxygen atoms in total.